The van der Waals surface area contributed by atoms with Gasteiger partial charge in [-0.3, -0.25) is 9.59 Å². The van der Waals surface area contributed by atoms with Gasteiger partial charge in [-0.25, -0.2) is 0 Å². The van der Waals surface area contributed by atoms with E-state index in [1.807, 2.05) is 12.1 Å². The maximum Gasteiger partial charge on any atom is 0.255 e. The van der Waals surface area contributed by atoms with Crippen molar-refractivity contribution in [2.75, 3.05) is 82.0 Å². The molecular formula is C41H47N7O5. The van der Waals surface area contributed by atoms with Crippen molar-refractivity contribution in [1.29, 1.82) is 0 Å². The van der Waals surface area contributed by atoms with E-state index in [0.29, 0.717) is 39.5 Å². The Kier molecular flexibility index (Phi) is 9.13. The molecule has 276 valence electrons. The maximum atomic E-state index is 14.8. The van der Waals surface area contributed by atoms with Gasteiger partial charge in [0.15, 0.2) is 0 Å². The van der Waals surface area contributed by atoms with Crippen LogP contribution in [0.25, 0.3) is 10.4 Å². The second kappa shape index (κ2) is 14.2. The van der Waals surface area contributed by atoms with Crippen molar-refractivity contribution in [2.45, 2.75) is 63.3 Å². The Labute approximate surface area is 310 Å². The standard InChI is InChI=1S/C41H47N7O5/c42-45-44-14-13-35(49)43-15-21-51-23-24-52-22-20-48-40(50)29-9-1-2-12-32(29)41(48)33-25-27-7-3-16-46-18-5-10-30(36(27)46)38(33)53-39-31-11-6-19-47-17-4-8-28(37(31)47)26-34(39)41/h1-2,9,12,25-26H,3-8,10-11,13-24H2,(H,43,49). The van der Waals surface area contributed by atoms with Gasteiger partial charge in [0.05, 0.1) is 26.4 Å². The molecule has 6 aliphatic rings. The lowest BCUT2D eigenvalue weighted by atomic mass is 9.70. The van der Waals surface area contributed by atoms with Crippen molar-refractivity contribution in [3.63, 3.8) is 0 Å². The minimum atomic E-state index is -0.844. The number of carbonyl (C=O) groups is 2. The van der Waals surface area contributed by atoms with Crippen LogP contribution in [-0.4, -0.2) is 89.0 Å². The number of carbonyl (C=O) groups excluding carboxylic acids is 2. The number of anilines is 2. The van der Waals surface area contributed by atoms with E-state index >= 15 is 0 Å². The number of benzene rings is 3. The lowest BCUT2D eigenvalue weighted by molar-refractivity contribution is -0.121. The van der Waals surface area contributed by atoms with Gasteiger partial charge in [0.1, 0.15) is 17.0 Å². The van der Waals surface area contributed by atoms with Crippen LogP contribution in [0.3, 0.4) is 0 Å². The number of hydrogen-bond donors (Lipinski definition) is 1. The van der Waals surface area contributed by atoms with E-state index in [9.17, 15) is 9.59 Å². The third-order valence-corrected chi connectivity index (χ3v) is 12.0. The molecule has 0 unspecified atom stereocenters. The summed E-state index contributed by atoms with van der Waals surface area (Å²) in [7, 11) is 0. The molecule has 0 radical (unpaired) electrons. The predicted molar refractivity (Wildman–Crippen MR) is 201 cm³/mol. The van der Waals surface area contributed by atoms with Crippen molar-refractivity contribution in [3.8, 4) is 11.5 Å². The predicted octanol–water partition coefficient (Wildman–Crippen LogP) is 5.79. The monoisotopic (exact) mass is 717 g/mol. The molecule has 2 amide bonds. The number of amides is 2. The van der Waals surface area contributed by atoms with Gasteiger partial charge in [-0.1, -0.05) is 23.3 Å². The van der Waals surface area contributed by atoms with Crippen molar-refractivity contribution in [1.82, 2.24) is 10.2 Å². The van der Waals surface area contributed by atoms with Crippen LogP contribution in [-0.2, 0) is 45.5 Å². The summed E-state index contributed by atoms with van der Waals surface area (Å²) in [4.78, 5) is 36.6. The van der Waals surface area contributed by atoms with E-state index in [1.165, 1.54) is 33.6 Å². The van der Waals surface area contributed by atoms with E-state index in [-0.39, 0.29) is 24.8 Å². The highest BCUT2D eigenvalue weighted by Crippen LogP contribution is 2.62. The number of aryl methyl sites for hydroxylation is 2. The van der Waals surface area contributed by atoms with Crippen molar-refractivity contribution < 1.29 is 23.8 Å². The van der Waals surface area contributed by atoms with Crippen LogP contribution in [0.15, 0.2) is 41.5 Å². The highest BCUT2D eigenvalue weighted by molar-refractivity contribution is 6.03. The average molecular weight is 718 g/mol. The number of ether oxygens (including phenoxy) is 3. The molecule has 0 saturated carbocycles. The molecule has 3 aromatic carbocycles. The fourth-order valence-corrected chi connectivity index (χ4v) is 9.98. The van der Waals surface area contributed by atoms with Crippen LogP contribution in [0.2, 0.25) is 0 Å². The van der Waals surface area contributed by atoms with Gasteiger partial charge in [-0.05, 0) is 91.8 Å². The van der Waals surface area contributed by atoms with Crippen molar-refractivity contribution in [2.24, 2.45) is 5.11 Å². The lowest BCUT2D eigenvalue weighted by Crippen LogP contribution is -2.49. The lowest BCUT2D eigenvalue weighted by Gasteiger charge is -2.49. The van der Waals surface area contributed by atoms with E-state index in [2.05, 4.69) is 54.3 Å². The number of nitrogens with zero attached hydrogens (tertiary/aromatic N) is 6. The van der Waals surface area contributed by atoms with Crippen molar-refractivity contribution in [3.05, 3.63) is 91.3 Å². The molecule has 6 aliphatic heterocycles. The first kappa shape index (κ1) is 34.0. The molecule has 0 saturated heterocycles. The van der Waals surface area contributed by atoms with Gasteiger partial charge < -0.3 is 34.2 Å². The highest BCUT2D eigenvalue weighted by Gasteiger charge is 2.58. The molecule has 3 aromatic rings. The zero-order valence-electron chi connectivity index (χ0n) is 30.3. The molecule has 6 heterocycles. The number of rotatable bonds is 12. The van der Waals surface area contributed by atoms with E-state index in [1.54, 1.807) is 0 Å². The summed E-state index contributed by atoms with van der Waals surface area (Å²) >= 11 is 0. The third kappa shape index (κ3) is 5.61. The molecule has 1 spiro atoms. The van der Waals surface area contributed by atoms with Crippen LogP contribution >= 0.6 is 0 Å². The fourth-order valence-electron chi connectivity index (χ4n) is 9.98. The van der Waals surface area contributed by atoms with E-state index < -0.39 is 5.54 Å². The smallest absolute Gasteiger partial charge is 0.255 e. The Bertz CT molecular complexity index is 1920. The van der Waals surface area contributed by atoms with Gasteiger partial charge in [0.25, 0.3) is 5.91 Å². The van der Waals surface area contributed by atoms with Gasteiger partial charge in [-0.15, -0.1) is 0 Å². The van der Waals surface area contributed by atoms with Gasteiger partial charge in [0, 0.05) is 96.3 Å². The molecule has 12 heteroatoms. The number of fused-ring (bicyclic) bond motifs is 8. The molecule has 0 aromatic heterocycles. The topological polar surface area (TPSA) is 132 Å². The summed E-state index contributed by atoms with van der Waals surface area (Å²) in [6, 6.07) is 13.0. The van der Waals surface area contributed by atoms with Crippen molar-refractivity contribution >= 4 is 23.2 Å². The summed E-state index contributed by atoms with van der Waals surface area (Å²) in [6.07, 6.45) is 8.58. The summed E-state index contributed by atoms with van der Waals surface area (Å²) < 4.78 is 19.2. The summed E-state index contributed by atoms with van der Waals surface area (Å²) in [5, 5.41) is 6.15. The maximum absolute atomic E-state index is 14.8. The highest BCUT2D eigenvalue weighted by atomic mass is 16.5. The second-order valence-corrected chi connectivity index (χ2v) is 15.0. The minimum absolute atomic E-state index is 0.0245. The van der Waals surface area contributed by atoms with Crippen LogP contribution < -0.4 is 19.9 Å². The van der Waals surface area contributed by atoms with E-state index in [0.717, 1.165) is 111 Å². The molecule has 53 heavy (non-hydrogen) atoms. The van der Waals surface area contributed by atoms with Crippen LogP contribution in [0.5, 0.6) is 11.5 Å². The van der Waals surface area contributed by atoms with E-state index in [4.69, 9.17) is 19.7 Å². The van der Waals surface area contributed by atoms with Gasteiger partial charge in [0.2, 0.25) is 5.91 Å². The Morgan fingerprint density at radius 3 is 2.08 bits per heavy atom. The zero-order valence-corrected chi connectivity index (χ0v) is 30.3. The number of nitrogens with one attached hydrogen (secondary N) is 1. The number of azide groups is 1. The SMILES string of the molecule is [N-]=[N+]=NCCC(=O)NCCOCCOCCN1C(=O)c2ccccc2C12c1cc3c4c(c1Oc1c2cc2c5c1CCCN5CCC2)CCCN4CCC3. The Balaban J connectivity index is 1.06. The molecule has 0 atom stereocenters. The molecule has 0 aliphatic carbocycles. The average Bonchev–Trinajstić information content (AvgIpc) is 3.43. The normalized spacial score (nSPS) is 18.3. The quantitative estimate of drug-likeness (QED) is 0.109. The summed E-state index contributed by atoms with van der Waals surface area (Å²) in [5.74, 6) is 1.76. The second-order valence-electron chi connectivity index (χ2n) is 15.0. The molecule has 0 bridgehead atoms. The molecule has 1 N–H and O–H groups in total. The van der Waals surface area contributed by atoms with Crippen LogP contribution in [0.1, 0.15) is 81.4 Å². The van der Waals surface area contributed by atoms with Gasteiger partial charge >= 0.3 is 0 Å². The minimum Gasteiger partial charge on any atom is -0.456 e. The van der Waals surface area contributed by atoms with Gasteiger partial charge in [-0.2, -0.15) is 0 Å². The van der Waals surface area contributed by atoms with Crippen LogP contribution in [0, 0.1) is 0 Å². The molecule has 0 fully saturated rings. The largest absolute Gasteiger partial charge is 0.456 e. The molecule has 9 rings (SSSR count). The first-order valence-corrected chi connectivity index (χ1v) is 19.5. The molecular weight excluding hydrogens is 670 g/mol. The summed E-state index contributed by atoms with van der Waals surface area (Å²) in [5.41, 5.74) is 19.6. The number of hydrogen-bond acceptors (Lipinski definition) is 8. The first-order chi connectivity index (χ1) is 26.1. The summed E-state index contributed by atoms with van der Waals surface area (Å²) in [6.45, 7) is 6.66. The molecule has 12 nitrogen and oxygen atoms in total. The van der Waals surface area contributed by atoms with Crippen LogP contribution in [0.4, 0.5) is 11.4 Å². The fraction of sp³-hybridized carbons (Fsp3) is 0.512. The third-order valence-electron chi connectivity index (χ3n) is 12.0. The Morgan fingerprint density at radius 1 is 0.830 bits per heavy atom. The first-order valence-electron chi connectivity index (χ1n) is 19.5. The Morgan fingerprint density at radius 2 is 1.43 bits per heavy atom. The Hall–Kier alpha value is -4.77. The zero-order chi connectivity index (χ0) is 35.9.